The van der Waals surface area contributed by atoms with Gasteiger partial charge in [-0.15, -0.1) is 22.0 Å². The molecule has 0 radical (unpaired) electrons. The maximum Gasteiger partial charge on any atom is 0.247 e. The fraction of sp³-hybridized carbons (Fsp3) is 0.176. The Morgan fingerprint density at radius 1 is 1.00 bits per heavy atom. The average molecular weight is 312 g/mol. The Morgan fingerprint density at radius 3 is 2.41 bits per heavy atom. The molecule has 0 saturated carbocycles. The Bertz CT molecular complexity index is 726. The van der Waals surface area contributed by atoms with E-state index in [1.165, 1.54) is 4.90 Å². The Morgan fingerprint density at radius 2 is 1.73 bits per heavy atom. The van der Waals surface area contributed by atoms with Crippen LogP contribution in [-0.2, 0) is 0 Å². The maximum absolute atomic E-state index is 5.79. The number of ether oxygens (including phenoxy) is 1. The average Bonchev–Trinajstić information content (AvgIpc) is 3.06. The zero-order chi connectivity index (χ0) is 15.4. The van der Waals surface area contributed by atoms with Crippen molar-refractivity contribution in [2.45, 2.75) is 17.1 Å². The molecule has 1 heterocycles. The van der Waals surface area contributed by atoms with Crippen molar-refractivity contribution >= 4 is 11.8 Å². The monoisotopic (exact) mass is 312 g/mol. The van der Waals surface area contributed by atoms with E-state index in [-0.39, 0.29) is 5.25 Å². The van der Waals surface area contributed by atoms with Crippen LogP contribution in [0.5, 0.6) is 5.75 Å². The summed E-state index contributed by atoms with van der Waals surface area (Å²) in [6.45, 7) is 2.06. The second kappa shape index (κ2) is 6.66. The van der Waals surface area contributed by atoms with Crippen molar-refractivity contribution in [2.75, 3.05) is 7.11 Å². The van der Waals surface area contributed by atoms with Crippen LogP contribution in [-0.4, -0.2) is 17.3 Å². The molecule has 0 saturated heterocycles. The van der Waals surface area contributed by atoms with Gasteiger partial charge in [0.2, 0.25) is 11.8 Å². The third-order valence-electron chi connectivity index (χ3n) is 3.18. The standard InChI is InChI=1S/C17H16N2O2S/c1-12(22-15-6-4-3-5-7-15)16-18-19-17(21-16)13-8-10-14(20-2)11-9-13/h3-12H,1-2H3/t12-/m1/s1. The number of hydrogen-bond acceptors (Lipinski definition) is 5. The highest BCUT2D eigenvalue weighted by atomic mass is 32.2. The lowest BCUT2D eigenvalue weighted by Gasteiger charge is -2.06. The molecule has 1 atom stereocenters. The van der Waals surface area contributed by atoms with Crippen molar-refractivity contribution in [1.29, 1.82) is 0 Å². The molecule has 0 amide bonds. The fourth-order valence-corrected chi connectivity index (χ4v) is 2.92. The number of benzene rings is 2. The lowest BCUT2D eigenvalue weighted by atomic mass is 10.2. The molecule has 0 fully saturated rings. The molecule has 0 spiro atoms. The quantitative estimate of drug-likeness (QED) is 0.644. The summed E-state index contributed by atoms with van der Waals surface area (Å²) in [5.74, 6) is 1.95. The van der Waals surface area contributed by atoms with Crippen LogP contribution in [0.4, 0.5) is 0 Å². The third kappa shape index (κ3) is 3.31. The van der Waals surface area contributed by atoms with E-state index in [0.29, 0.717) is 11.8 Å². The molecule has 4 nitrogen and oxygen atoms in total. The maximum atomic E-state index is 5.79. The van der Waals surface area contributed by atoms with E-state index >= 15 is 0 Å². The molecule has 0 aliphatic rings. The van der Waals surface area contributed by atoms with Gasteiger partial charge in [0, 0.05) is 10.5 Å². The number of hydrogen-bond donors (Lipinski definition) is 0. The molecule has 3 aromatic rings. The summed E-state index contributed by atoms with van der Waals surface area (Å²) in [4.78, 5) is 1.18. The van der Waals surface area contributed by atoms with Crippen molar-refractivity contribution in [3.63, 3.8) is 0 Å². The summed E-state index contributed by atoms with van der Waals surface area (Å²) in [5.41, 5.74) is 0.886. The largest absolute Gasteiger partial charge is 0.497 e. The molecule has 22 heavy (non-hydrogen) atoms. The zero-order valence-electron chi connectivity index (χ0n) is 12.4. The van der Waals surface area contributed by atoms with Gasteiger partial charge in [0.05, 0.1) is 12.4 Å². The molecule has 5 heteroatoms. The lowest BCUT2D eigenvalue weighted by molar-refractivity contribution is 0.415. The van der Waals surface area contributed by atoms with Crippen LogP contribution in [0.2, 0.25) is 0 Å². The van der Waals surface area contributed by atoms with E-state index in [1.54, 1.807) is 18.9 Å². The lowest BCUT2D eigenvalue weighted by Crippen LogP contribution is -1.88. The minimum Gasteiger partial charge on any atom is -0.497 e. The smallest absolute Gasteiger partial charge is 0.247 e. The Kier molecular flexibility index (Phi) is 4.44. The highest BCUT2D eigenvalue weighted by Crippen LogP contribution is 2.34. The SMILES string of the molecule is COc1ccc(-c2nnc([C@@H](C)Sc3ccccc3)o2)cc1. The molecular weight excluding hydrogens is 296 g/mol. The number of aromatic nitrogens is 2. The van der Waals surface area contributed by atoms with Crippen molar-refractivity contribution < 1.29 is 9.15 Å². The van der Waals surface area contributed by atoms with Gasteiger partial charge in [-0.2, -0.15) is 0 Å². The van der Waals surface area contributed by atoms with Crippen LogP contribution in [0, 0.1) is 0 Å². The summed E-state index contributed by atoms with van der Waals surface area (Å²) in [6, 6.07) is 17.8. The summed E-state index contributed by atoms with van der Waals surface area (Å²) in [5, 5.41) is 8.40. The molecule has 2 aromatic carbocycles. The molecule has 0 bridgehead atoms. The van der Waals surface area contributed by atoms with Crippen molar-refractivity contribution in [2.24, 2.45) is 0 Å². The van der Waals surface area contributed by atoms with Gasteiger partial charge in [-0.1, -0.05) is 18.2 Å². The van der Waals surface area contributed by atoms with E-state index in [0.717, 1.165) is 11.3 Å². The predicted octanol–water partition coefficient (Wildman–Crippen LogP) is 4.60. The van der Waals surface area contributed by atoms with Crippen LogP contribution >= 0.6 is 11.8 Å². The number of nitrogens with zero attached hydrogens (tertiary/aromatic N) is 2. The first-order valence-corrected chi connectivity index (χ1v) is 7.84. The summed E-state index contributed by atoms with van der Waals surface area (Å²) in [7, 11) is 1.64. The Hall–Kier alpha value is -2.27. The third-order valence-corrected chi connectivity index (χ3v) is 4.28. The molecule has 3 rings (SSSR count). The Labute approximate surface area is 133 Å². The second-order valence-corrected chi connectivity index (χ2v) is 6.16. The molecular formula is C17H16N2O2S. The van der Waals surface area contributed by atoms with Gasteiger partial charge in [0.1, 0.15) is 5.75 Å². The topological polar surface area (TPSA) is 48.2 Å². The van der Waals surface area contributed by atoms with E-state index in [1.807, 2.05) is 42.5 Å². The minimum absolute atomic E-state index is 0.0990. The normalized spacial score (nSPS) is 12.1. The van der Waals surface area contributed by atoms with E-state index in [2.05, 4.69) is 29.3 Å². The van der Waals surface area contributed by atoms with Gasteiger partial charge in [-0.25, -0.2) is 0 Å². The molecule has 0 N–H and O–H groups in total. The van der Waals surface area contributed by atoms with Gasteiger partial charge in [-0.3, -0.25) is 0 Å². The Balaban J connectivity index is 1.75. The van der Waals surface area contributed by atoms with Crippen LogP contribution in [0.3, 0.4) is 0 Å². The first-order valence-electron chi connectivity index (χ1n) is 6.96. The predicted molar refractivity (Wildman–Crippen MR) is 87.0 cm³/mol. The van der Waals surface area contributed by atoms with E-state index in [4.69, 9.17) is 9.15 Å². The van der Waals surface area contributed by atoms with Gasteiger partial charge in [0.15, 0.2) is 0 Å². The molecule has 112 valence electrons. The number of rotatable bonds is 5. The van der Waals surface area contributed by atoms with E-state index in [9.17, 15) is 0 Å². The van der Waals surface area contributed by atoms with Crippen LogP contribution in [0.15, 0.2) is 63.9 Å². The number of methoxy groups -OCH3 is 1. The van der Waals surface area contributed by atoms with Crippen LogP contribution in [0.25, 0.3) is 11.5 Å². The molecule has 0 aliphatic heterocycles. The van der Waals surface area contributed by atoms with E-state index < -0.39 is 0 Å². The summed E-state index contributed by atoms with van der Waals surface area (Å²) >= 11 is 1.70. The minimum atomic E-state index is 0.0990. The van der Waals surface area contributed by atoms with Crippen LogP contribution in [0.1, 0.15) is 18.1 Å². The fourth-order valence-electron chi connectivity index (χ4n) is 2.00. The van der Waals surface area contributed by atoms with Gasteiger partial charge >= 0.3 is 0 Å². The van der Waals surface area contributed by atoms with Crippen molar-refractivity contribution in [3.8, 4) is 17.2 Å². The molecule has 0 aliphatic carbocycles. The highest BCUT2D eigenvalue weighted by Gasteiger charge is 2.16. The van der Waals surface area contributed by atoms with Gasteiger partial charge < -0.3 is 9.15 Å². The van der Waals surface area contributed by atoms with Crippen molar-refractivity contribution in [1.82, 2.24) is 10.2 Å². The number of thioether (sulfide) groups is 1. The molecule has 0 unspecified atom stereocenters. The van der Waals surface area contributed by atoms with Gasteiger partial charge in [0.25, 0.3) is 0 Å². The first kappa shape index (κ1) is 14.7. The zero-order valence-corrected chi connectivity index (χ0v) is 13.2. The first-order chi connectivity index (χ1) is 10.8. The highest BCUT2D eigenvalue weighted by molar-refractivity contribution is 7.99. The van der Waals surface area contributed by atoms with Crippen molar-refractivity contribution in [3.05, 3.63) is 60.5 Å². The van der Waals surface area contributed by atoms with Gasteiger partial charge in [-0.05, 0) is 43.3 Å². The summed E-state index contributed by atoms with van der Waals surface area (Å²) < 4.78 is 10.9. The van der Waals surface area contributed by atoms with Crippen LogP contribution < -0.4 is 4.74 Å². The summed E-state index contributed by atoms with van der Waals surface area (Å²) in [6.07, 6.45) is 0. The molecule has 1 aromatic heterocycles. The second-order valence-electron chi connectivity index (χ2n) is 4.75.